The van der Waals surface area contributed by atoms with Gasteiger partial charge in [0.2, 0.25) is 0 Å². The number of hydrogen-bond donors (Lipinski definition) is 2. The van der Waals surface area contributed by atoms with Gasteiger partial charge < -0.3 is 10.6 Å². The van der Waals surface area contributed by atoms with E-state index in [1.807, 2.05) is 19.9 Å². The summed E-state index contributed by atoms with van der Waals surface area (Å²) >= 11 is 12.0. The topological polar surface area (TPSA) is 58.2 Å². The second-order valence-corrected chi connectivity index (χ2v) is 7.27. The molecule has 0 saturated carbocycles. The zero-order valence-electron chi connectivity index (χ0n) is 14.8. The molecule has 2 amide bonds. The highest BCUT2D eigenvalue weighted by atomic mass is 35.5. The summed E-state index contributed by atoms with van der Waals surface area (Å²) in [6.45, 7) is 5.08. The van der Waals surface area contributed by atoms with Crippen LogP contribution in [0.5, 0.6) is 0 Å². The van der Waals surface area contributed by atoms with Crippen LogP contribution in [-0.4, -0.2) is 24.9 Å². The number of nitrogens with one attached hydrogen (secondary N) is 2. The number of hydrogen-bond acceptors (Lipinski definition) is 2. The van der Waals surface area contributed by atoms with E-state index in [4.69, 9.17) is 23.2 Å². The summed E-state index contributed by atoms with van der Waals surface area (Å²) in [6.07, 6.45) is 0.594. The summed E-state index contributed by atoms with van der Waals surface area (Å²) in [7, 11) is 0. The maximum atomic E-state index is 12.3. The fourth-order valence-corrected chi connectivity index (χ4v) is 2.84. The molecule has 0 aliphatic rings. The lowest BCUT2D eigenvalue weighted by molar-refractivity contribution is 0.0949. The SMILES string of the molecule is CC(C)CNC(=O)c1cccc(C(=O)NCCc2ccc(Cl)cc2Cl)c1. The van der Waals surface area contributed by atoms with E-state index in [-0.39, 0.29) is 11.8 Å². The van der Waals surface area contributed by atoms with Crippen molar-refractivity contribution < 1.29 is 9.59 Å². The van der Waals surface area contributed by atoms with Gasteiger partial charge in [-0.2, -0.15) is 0 Å². The fraction of sp³-hybridized carbons (Fsp3) is 0.300. The average molecular weight is 393 g/mol. The van der Waals surface area contributed by atoms with Crippen molar-refractivity contribution in [3.63, 3.8) is 0 Å². The maximum absolute atomic E-state index is 12.3. The zero-order chi connectivity index (χ0) is 19.1. The van der Waals surface area contributed by atoms with Crippen molar-refractivity contribution in [2.24, 2.45) is 5.92 Å². The van der Waals surface area contributed by atoms with Gasteiger partial charge in [0.15, 0.2) is 0 Å². The Bertz CT molecular complexity index is 791. The van der Waals surface area contributed by atoms with Gasteiger partial charge in [-0.1, -0.05) is 49.2 Å². The molecule has 6 heteroatoms. The predicted molar refractivity (Wildman–Crippen MR) is 106 cm³/mol. The second kappa shape index (κ2) is 9.60. The molecule has 0 aliphatic heterocycles. The van der Waals surface area contributed by atoms with Gasteiger partial charge in [0, 0.05) is 34.3 Å². The summed E-state index contributed by atoms with van der Waals surface area (Å²) in [5.74, 6) is -0.0417. The summed E-state index contributed by atoms with van der Waals surface area (Å²) in [4.78, 5) is 24.4. The monoisotopic (exact) mass is 392 g/mol. The third-order valence-corrected chi connectivity index (χ3v) is 4.34. The Morgan fingerprint density at radius 2 is 1.62 bits per heavy atom. The van der Waals surface area contributed by atoms with Gasteiger partial charge in [-0.3, -0.25) is 9.59 Å². The van der Waals surface area contributed by atoms with E-state index in [0.717, 1.165) is 5.56 Å². The molecule has 0 heterocycles. The van der Waals surface area contributed by atoms with Crippen LogP contribution in [0.25, 0.3) is 0 Å². The highest BCUT2D eigenvalue weighted by Crippen LogP contribution is 2.21. The van der Waals surface area contributed by atoms with Crippen molar-refractivity contribution >= 4 is 35.0 Å². The molecule has 0 unspecified atom stereocenters. The lowest BCUT2D eigenvalue weighted by atomic mass is 10.1. The van der Waals surface area contributed by atoms with Crippen LogP contribution in [0.1, 0.15) is 40.1 Å². The van der Waals surface area contributed by atoms with Gasteiger partial charge >= 0.3 is 0 Å². The first-order chi connectivity index (χ1) is 12.4. The Morgan fingerprint density at radius 3 is 2.23 bits per heavy atom. The van der Waals surface area contributed by atoms with E-state index in [2.05, 4.69) is 10.6 Å². The van der Waals surface area contributed by atoms with E-state index in [0.29, 0.717) is 46.6 Å². The molecular formula is C20H22Cl2N2O2. The minimum Gasteiger partial charge on any atom is -0.352 e. The molecule has 2 N–H and O–H groups in total. The highest BCUT2D eigenvalue weighted by molar-refractivity contribution is 6.35. The first kappa shape index (κ1) is 20.3. The Kier molecular flexibility index (Phi) is 7.49. The molecule has 2 aromatic rings. The summed E-state index contributed by atoms with van der Waals surface area (Å²) < 4.78 is 0. The van der Waals surface area contributed by atoms with Crippen molar-refractivity contribution in [3.05, 3.63) is 69.2 Å². The third kappa shape index (κ3) is 6.04. The number of amides is 2. The van der Waals surface area contributed by atoms with Crippen molar-refractivity contribution in [1.29, 1.82) is 0 Å². The Balaban J connectivity index is 1.93. The molecule has 2 rings (SSSR count). The van der Waals surface area contributed by atoms with E-state index >= 15 is 0 Å². The van der Waals surface area contributed by atoms with Crippen LogP contribution in [-0.2, 0) is 6.42 Å². The first-order valence-electron chi connectivity index (χ1n) is 8.47. The number of halogens is 2. The quantitative estimate of drug-likeness (QED) is 0.735. The lowest BCUT2D eigenvalue weighted by Gasteiger charge is -2.10. The zero-order valence-corrected chi connectivity index (χ0v) is 16.3. The van der Waals surface area contributed by atoms with Crippen molar-refractivity contribution in [2.75, 3.05) is 13.1 Å². The molecule has 0 atom stereocenters. The van der Waals surface area contributed by atoms with Gasteiger partial charge in [-0.05, 0) is 48.2 Å². The number of benzene rings is 2. The minimum absolute atomic E-state index is 0.179. The lowest BCUT2D eigenvalue weighted by Crippen LogP contribution is -2.28. The van der Waals surface area contributed by atoms with Gasteiger partial charge in [-0.15, -0.1) is 0 Å². The first-order valence-corrected chi connectivity index (χ1v) is 9.23. The van der Waals surface area contributed by atoms with Crippen LogP contribution in [0.15, 0.2) is 42.5 Å². The molecule has 0 bridgehead atoms. The van der Waals surface area contributed by atoms with Crippen LogP contribution in [0.3, 0.4) is 0 Å². The number of carbonyl (C=O) groups excluding carboxylic acids is 2. The molecule has 0 fully saturated rings. The molecule has 0 aromatic heterocycles. The number of carbonyl (C=O) groups is 2. The molecule has 0 saturated heterocycles. The molecule has 0 aliphatic carbocycles. The molecule has 4 nitrogen and oxygen atoms in total. The van der Waals surface area contributed by atoms with E-state index in [1.165, 1.54) is 0 Å². The average Bonchev–Trinajstić information content (AvgIpc) is 2.61. The van der Waals surface area contributed by atoms with Crippen LogP contribution < -0.4 is 10.6 Å². The van der Waals surface area contributed by atoms with Gasteiger partial charge in [-0.25, -0.2) is 0 Å². The van der Waals surface area contributed by atoms with E-state index in [9.17, 15) is 9.59 Å². The maximum Gasteiger partial charge on any atom is 0.251 e. The molecule has 26 heavy (non-hydrogen) atoms. The van der Waals surface area contributed by atoms with Crippen LogP contribution in [0.4, 0.5) is 0 Å². The van der Waals surface area contributed by atoms with Crippen molar-refractivity contribution in [3.8, 4) is 0 Å². The Hall–Kier alpha value is -2.04. The van der Waals surface area contributed by atoms with Crippen LogP contribution in [0.2, 0.25) is 10.0 Å². The normalized spacial score (nSPS) is 10.7. The van der Waals surface area contributed by atoms with E-state index < -0.39 is 0 Å². The van der Waals surface area contributed by atoms with Crippen LogP contribution in [0, 0.1) is 5.92 Å². The smallest absolute Gasteiger partial charge is 0.251 e. The van der Waals surface area contributed by atoms with Crippen molar-refractivity contribution in [1.82, 2.24) is 10.6 Å². The summed E-state index contributed by atoms with van der Waals surface area (Å²) in [6, 6.07) is 12.0. The van der Waals surface area contributed by atoms with Gasteiger partial charge in [0.1, 0.15) is 0 Å². The Morgan fingerprint density at radius 1 is 0.962 bits per heavy atom. The molecule has 0 radical (unpaired) electrons. The summed E-state index contributed by atoms with van der Waals surface area (Å²) in [5, 5.41) is 6.85. The van der Waals surface area contributed by atoms with Gasteiger partial charge in [0.05, 0.1) is 0 Å². The number of rotatable bonds is 7. The molecular weight excluding hydrogens is 371 g/mol. The largest absolute Gasteiger partial charge is 0.352 e. The standard InChI is InChI=1S/C20H22Cl2N2O2/c1-13(2)12-24-20(26)16-5-3-4-15(10-16)19(25)23-9-8-14-6-7-17(21)11-18(14)22/h3-7,10-11,13H,8-9,12H2,1-2H3,(H,23,25)(H,24,26). The minimum atomic E-state index is -0.228. The second-order valence-electron chi connectivity index (χ2n) is 6.43. The third-order valence-electron chi connectivity index (χ3n) is 3.75. The fourth-order valence-electron chi connectivity index (χ4n) is 2.34. The Labute approximate surface area is 163 Å². The van der Waals surface area contributed by atoms with Gasteiger partial charge in [0.25, 0.3) is 11.8 Å². The molecule has 2 aromatic carbocycles. The molecule has 0 spiro atoms. The summed E-state index contributed by atoms with van der Waals surface area (Å²) in [5.41, 5.74) is 1.83. The van der Waals surface area contributed by atoms with Crippen molar-refractivity contribution in [2.45, 2.75) is 20.3 Å². The molecule has 138 valence electrons. The van der Waals surface area contributed by atoms with E-state index in [1.54, 1.807) is 36.4 Å². The predicted octanol–water partition coefficient (Wildman–Crippen LogP) is 4.35. The highest BCUT2D eigenvalue weighted by Gasteiger charge is 2.11. The van der Waals surface area contributed by atoms with Crippen LogP contribution >= 0.6 is 23.2 Å².